The van der Waals surface area contributed by atoms with Crippen LogP contribution >= 0.6 is 0 Å². The summed E-state index contributed by atoms with van der Waals surface area (Å²) in [5.41, 5.74) is 7.57. The molecule has 2 aromatic carbocycles. The lowest BCUT2D eigenvalue weighted by atomic mass is 10.2. The Bertz CT molecular complexity index is 662. The number of methoxy groups -OCH3 is 1. The second-order valence-corrected chi connectivity index (χ2v) is 4.26. The SMILES string of the molecule is COc1cc(N(C)c2ccc(C#N)cc2)c(F)cc1N. The van der Waals surface area contributed by atoms with Gasteiger partial charge in [-0.2, -0.15) is 5.26 Å². The first-order valence-corrected chi connectivity index (χ1v) is 5.93. The maximum Gasteiger partial charge on any atom is 0.149 e. The van der Waals surface area contributed by atoms with E-state index in [2.05, 4.69) is 0 Å². The summed E-state index contributed by atoms with van der Waals surface area (Å²) in [5.74, 6) is -0.0166. The monoisotopic (exact) mass is 271 g/mol. The van der Waals surface area contributed by atoms with Gasteiger partial charge in [0.05, 0.1) is 30.1 Å². The number of nitrogen functional groups attached to an aromatic ring is 1. The van der Waals surface area contributed by atoms with Gasteiger partial charge in [0.2, 0.25) is 0 Å². The van der Waals surface area contributed by atoms with Gasteiger partial charge in [-0.3, -0.25) is 0 Å². The summed E-state index contributed by atoms with van der Waals surface area (Å²) in [4.78, 5) is 1.67. The van der Waals surface area contributed by atoms with Crippen molar-refractivity contribution in [3.63, 3.8) is 0 Å². The second kappa shape index (κ2) is 5.49. The van der Waals surface area contributed by atoms with Crippen molar-refractivity contribution in [3.8, 4) is 11.8 Å². The van der Waals surface area contributed by atoms with E-state index in [1.165, 1.54) is 13.2 Å². The molecule has 0 aliphatic carbocycles. The highest BCUT2D eigenvalue weighted by atomic mass is 19.1. The summed E-state index contributed by atoms with van der Waals surface area (Å²) >= 11 is 0. The Morgan fingerprint density at radius 3 is 2.45 bits per heavy atom. The minimum atomic E-state index is -0.435. The molecule has 0 fully saturated rings. The molecule has 4 nitrogen and oxygen atoms in total. The molecule has 0 atom stereocenters. The lowest BCUT2D eigenvalue weighted by Crippen LogP contribution is -2.12. The van der Waals surface area contributed by atoms with Gasteiger partial charge < -0.3 is 15.4 Å². The standard InChI is InChI=1S/C15H14FN3O/c1-19(11-5-3-10(9-17)4-6-11)14-8-15(20-2)13(18)7-12(14)16/h3-8H,18H2,1-2H3. The Hall–Kier alpha value is -2.74. The van der Waals surface area contributed by atoms with Crippen LogP contribution in [0.25, 0.3) is 0 Å². The third kappa shape index (κ3) is 2.50. The number of hydrogen-bond acceptors (Lipinski definition) is 4. The van der Waals surface area contributed by atoms with Crippen LogP contribution < -0.4 is 15.4 Å². The summed E-state index contributed by atoms with van der Waals surface area (Å²) in [6.45, 7) is 0. The van der Waals surface area contributed by atoms with E-state index in [-0.39, 0.29) is 5.69 Å². The van der Waals surface area contributed by atoms with Gasteiger partial charge in [-0.05, 0) is 24.3 Å². The Morgan fingerprint density at radius 2 is 1.90 bits per heavy atom. The number of hydrogen-bond donors (Lipinski definition) is 1. The first-order valence-electron chi connectivity index (χ1n) is 5.93. The Kier molecular flexibility index (Phi) is 3.76. The molecule has 0 unspecified atom stereocenters. The largest absolute Gasteiger partial charge is 0.495 e. The summed E-state index contributed by atoms with van der Waals surface area (Å²) < 4.78 is 19.1. The number of anilines is 3. The molecule has 0 heterocycles. The Morgan fingerprint density at radius 1 is 1.25 bits per heavy atom. The molecule has 0 aromatic heterocycles. The van der Waals surface area contributed by atoms with Crippen LogP contribution in [0.3, 0.4) is 0 Å². The van der Waals surface area contributed by atoms with Gasteiger partial charge in [-0.1, -0.05) is 0 Å². The molecule has 102 valence electrons. The van der Waals surface area contributed by atoms with Crippen molar-refractivity contribution in [3.05, 3.63) is 47.8 Å². The molecule has 0 aliphatic heterocycles. The van der Waals surface area contributed by atoms with Crippen molar-refractivity contribution >= 4 is 17.1 Å². The fourth-order valence-electron chi connectivity index (χ4n) is 1.89. The maximum absolute atomic E-state index is 14.0. The average molecular weight is 271 g/mol. The van der Waals surface area contributed by atoms with Gasteiger partial charge in [-0.15, -0.1) is 0 Å². The van der Waals surface area contributed by atoms with Gasteiger partial charge in [-0.25, -0.2) is 4.39 Å². The molecule has 0 amide bonds. The third-order valence-corrected chi connectivity index (χ3v) is 3.04. The minimum absolute atomic E-state index is 0.252. The van der Waals surface area contributed by atoms with E-state index in [1.807, 2.05) is 6.07 Å². The van der Waals surface area contributed by atoms with Crippen molar-refractivity contribution in [2.75, 3.05) is 24.8 Å². The predicted octanol–water partition coefficient (Wildman–Crippen LogP) is 3.06. The lowest BCUT2D eigenvalue weighted by Gasteiger charge is -2.21. The van der Waals surface area contributed by atoms with E-state index in [0.29, 0.717) is 17.0 Å². The lowest BCUT2D eigenvalue weighted by molar-refractivity contribution is 0.416. The number of halogens is 1. The summed E-state index contributed by atoms with van der Waals surface area (Å²) in [5, 5.41) is 8.77. The number of ether oxygens (including phenoxy) is 1. The zero-order valence-electron chi connectivity index (χ0n) is 11.2. The first kappa shape index (κ1) is 13.7. The van der Waals surface area contributed by atoms with E-state index in [1.54, 1.807) is 42.3 Å². The number of rotatable bonds is 3. The molecule has 2 N–H and O–H groups in total. The number of benzene rings is 2. The van der Waals surface area contributed by atoms with Gasteiger partial charge in [0, 0.05) is 24.9 Å². The normalized spacial score (nSPS) is 9.90. The minimum Gasteiger partial charge on any atom is -0.495 e. The smallest absolute Gasteiger partial charge is 0.149 e. The molecule has 0 aliphatic rings. The molecule has 2 aromatic rings. The van der Waals surface area contributed by atoms with Crippen molar-refractivity contribution in [1.29, 1.82) is 5.26 Å². The highest BCUT2D eigenvalue weighted by Crippen LogP contribution is 2.33. The van der Waals surface area contributed by atoms with Crippen molar-refractivity contribution in [2.24, 2.45) is 0 Å². The summed E-state index contributed by atoms with van der Waals surface area (Å²) in [6.07, 6.45) is 0. The van der Waals surface area contributed by atoms with Crippen LogP contribution in [0.1, 0.15) is 5.56 Å². The first-order chi connectivity index (χ1) is 9.56. The van der Waals surface area contributed by atoms with Gasteiger partial charge in [0.15, 0.2) is 0 Å². The van der Waals surface area contributed by atoms with Crippen molar-refractivity contribution in [1.82, 2.24) is 0 Å². The number of nitrogens with two attached hydrogens (primary N) is 1. The molecule has 2 rings (SSSR count). The molecule has 0 spiro atoms. The van der Waals surface area contributed by atoms with Gasteiger partial charge in [0.25, 0.3) is 0 Å². The topological polar surface area (TPSA) is 62.3 Å². The van der Waals surface area contributed by atoms with Gasteiger partial charge >= 0.3 is 0 Å². The van der Waals surface area contributed by atoms with E-state index < -0.39 is 5.82 Å². The second-order valence-electron chi connectivity index (χ2n) is 4.26. The fraction of sp³-hybridized carbons (Fsp3) is 0.133. The molecule has 0 bridgehead atoms. The zero-order valence-corrected chi connectivity index (χ0v) is 11.2. The molecule has 5 heteroatoms. The van der Waals surface area contributed by atoms with Crippen LogP contribution in [0.2, 0.25) is 0 Å². The van der Waals surface area contributed by atoms with Crippen LogP contribution in [0.5, 0.6) is 5.75 Å². The molecular weight excluding hydrogens is 257 g/mol. The molecule has 0 saturated heterocycles. The van der Waals surface area contributed by atoms with Gasteiger partial charge in [0.1, 0.15) is 11.6 Å². The fourth-order valence-corrected chi connectivity index (χ4v) is 1.89. The highest BCUT2D eigenvalue weighted by molar-refractivity contribution is 5.69. The van der Waals surface area contributed by atoms with Crippen molar-refractivity contribution in [2.45, 2.75) is 0 Å². The summed E-state index contributed by atoms with van der Waals surface area (Å²) in [7, 11) is 3.21. The van der Waals surface area contributed by atoms with E-state index in [4.69, 9.17) is 15.7 Å². The highest BCUT2D eigenvalue weighted by Gasteiger charge is 2.13. The average Bonchev–Trinajstić information content (AvgIpc) is 2.47. The van der Waals surface area contributed by atoms with Crippen LogP contribution in [0.15, 0.2) is 36.4 Å². The molecule has 0 saturated carbocycles. The zero-order chi connectivity index (χ0) is 14.7. The van der Waals surface area contributed by atoms with E-state index in [9.17, 15) is 4.39 Å². The van der Waals surface area contributed by atoms with Crippen LogP contribution in [0, 0.1) is 17.1 Å². The summed E-state index contributed by atoms with van der Waals surface area (Å²) in [6, 6.07) is 11.7. The van der Waals surface area contributed by atoms with Crippen LogP contribution in [-0.4, -0.2) is 14.2 Å². The quantitative estimate of drug-likeness (QED) is 0.871. The number of nitriles is 1. The predicted molar refractivity (Wildman–Crippen MR) is 76.6 cm³/mol. The Balaban J connectivity index is 2.42. The van der Waals surface area contributed by atoms with Crippen LogP contribution in [-0.2, 0) is 0 Å². The number of nitrogens with zero attached hydrogens (tertiary/aromatic N) is 2. The van der Waals surface area contributed by atoms with E-state index in [0.717, 1.165) is 5.69 Å². The van der Waals surface area contributed by atoms with E-state index >= 15 is 0 Å². The molecular formula is C15H14FN3O. The molecule has 0 radical (unpaired) electrons. The van der Waals surface area contributed by atoms with Crippen LogP contribution in [0.4, 0.5) is 21.5 Å². The molecule has 20 heavy (non-hydrogen) atoms. The Labute approximate surface area is 116 Å². The maximum atomic E-state index is 14.0. The third-order valence-electron chi connectivity index (χ3n) is 3.04. The van der Waals surface area contributed by atoms with Crippen molar-refractivity contribution < 1.29 is 9.13 Å².